The molecule has 1 N–H and O–H groups in total. The van der Waals surface area contributed by atoms with Crippen LogP contribution in [0.4, 0.5) is 0 Å². The van der Waals surface area contributed by atoms with Crippen molar-refractivity contribution in [3.05, 3.63) is 0 Å². The van der Waals surface area contributed by atoms with Crippen LogP contribution in [0.5, 0.6) is 0 Å². The van der Waals surface area contributed by atoms with Crippen molar-refractivity contribution in [2.75, 3.05) is 13.1 Å². The Bertz CT molecular complexity index is 221. The van der Waals surface area contributed by atoms with E-state index in [-0.39, 0.29) is 0 Å². The van der Waals surface area contributed by atoms with E-state index >= 15 is 0 Å². The van der Waals surface area contributed by atoms with Crippen molar-refractivity contribution >= 4 is 0 Å². The van der Waals surface area contributed by atoms with Crippen molar-refractivity contribution in [3.8, 4) is 0 Å². The Hall–Kier alpha value is -0.0800. The van der Waals surface area contributed by atoms with E-state index in [4.69, 9.17) is 0 Å². The average Bonchev–Trinajstić information content (AvgIpc) is 2.28. The van der Waals surface area contributed by atoms with Crippen LogP contribution in [0.1, 0.15) is 53.4 Å². The zero-order chi connectivity index (χ0) is 12.4. The van der Waals surface area contributed by atoms with E-state index in [2.05, 4.69) is 37.9 Å². The van der Waals surface area contributed by atoms with Crippen LogP contribution >= 0.6 is 0 Å². The zero-order valence-corrected chi connectivity index (χ0v) is 12.1. The lowest BCUT2D eigenvalue weighted by Gasteiger charge is -2.44. The number of nitrogens with zero attached hydrogens (tertiary/aromatic N) is 1. The van der Waals surface area contributed by atoms with E-state index < -0.39 is 0 Å². The maximum atomic E-state index is 3.63. The number of rotatable bonds is 2. The highest BCUT2D eigenvalue weighted by molar-refractivity contribution is 4.88. The quantitative estimate of drug-likeness (QED) is 0.796. The maximum Gasteiger partial charge on any atom is 0.0169 e. The van der Waals surface area contributed by atoms with E-state index in [1.807, 2.05) is 0 Å². The summed E-state index contributed by atoms with van der Waals surface area (Å²) in [5, 5.41) is 3.63. The molecule has 100 valence electrons. The Morgan fingerprint density at radius 2 is 1.47 bits per heavy atom. The lowest BCUT2D eigenvalue weighted by atomic mass is 9.79. The molecule has 2 heteroatoms. The Morgan fingerprint density at radius 3 is 1.94 bits per heavy atom. The van der Waals surface area contributed by atoms with Gasteiger partial charge < -0.3 is 5.32 Å². The highest BCUT2D eigenvalue weighted by Crippen LogP contribution is 2.32. The zero-order valence-electron chi connectivity index (χ0n) is 12.1. The summed E-state index contributed by atoms with van der Waals surface area (Å²) >= 11 is 0. The molecule has 2 atom stereocenters. The SMILES string of the molecule is CC1CN(C2CCC(C(C)C)CC2)CC(C)N1. The highest BCUT2D eigenvalue weighted by atomic mass is 15.2. The first-order valence-electron chi connectivity index (χ1n) is 7.56. The third-order valence-electron chi connectivity index (χ3n) is 4.79. The van der Waals surface area contributed by atoms with Crippen molar-refractivity contribution in [2.45, 2.75) is 71.5 Å². The third kappa shape index (κ3) is 3.45. The highest BCUT2D eigenvalue weighted by Gasteiger charge is 2.30. The van der Waals surface area contributed by atoms with Crippen LogP contribution in [0, 0.1) is 11.8 Å². The molecular weight excluding hydrogens is 208 g/mol. The molecule has 0 spiro atoms. The summed E-state index contributed by atoms with van der Waals surface area (Å²) < 4.78 is 0. The van der Waals surface area contributed by atoms with Crippen LogP contribution in [0.3, 0.4) is 0 Å². The van der Waals surface area contributed by atoms with Gasteiger partial charge in [0.25, 0.3) is 0 Å². The van der Waals surface area contributed by atoms with Crippen LogP contribution in [0.25, 0.3) is 0 Å². The molecule has 1 aliphatic heterocycles. The number of piperazine rings is 1. The van der Waals surface area contributed by atoms with E-state index in [0.717, 1.165) is 17.9 Å². The molecule has 2 aliphatic rings. The number of hydrogen-bond acceptors (Lipinski definition) is 2. The molecule has 0 radical (unpaired) electrons. The first-order chi connectivity index (χ1) is 8.06. The summed E-state index contributed by atoms with van der Waals surface area (Å²) in [5.41, 5.74) is 0. The molecule has 1 aliphatic carbocycles. The van der Waals surface area contributed by atoms with Gasteiger partial charge in [0.15, 0.2) is 0 Å². The van der Waals surface area contributed by atoms with Crippen LogP contribution in [-0.4, -0.2) is 36.1 Å². The lowest BCUT2D eigenvalue weighted by Crippen LogP contribution is -2.57. The molecule has 1 saturated carbocycles. The summed E-state index contributed by atoms with van der Waals surface area (Å²) in [7, 11) is 0. The van der Waals surface area contributed by atoms with Crippen LogP contribution in [-0.2, 0) is 0 Å². The van der Waals surface area contributed by atoms with E-state index in [1.54, 1.807) is 0 Å². The van der Waals surface area contributed by atoms with Gasteiger partial charge in [0.2, 0.25) is 0 Å². The Labute approximate surface area is 107 Å². The Balaban J connectivity index is 1.83. The van der Waals surface area contributed by atoms with Gasteiger partial charge in [-0.25, -0.2) is 0 Å². The van der Waals surface area contributed by atoms with Gasteiger partial charge >= 0.3 is 0 Å². The predicted molar refractivity (Wildman–Crippen MR) is 74.2 cm³/mol. The monoisotopic (exact) mass is 238 g/mol. The van der Waals surface area contributed by atoms with Crippen molar-refractivity contribution in [1.29, 1.82) is 0 Å². The first-order valence-corrected chi connectivity index (χ1v) is 7.56. The topological polar surface area (TPSA) is 15.3 Å². The van der Waals surface area contributed by atoms with Crippen molar-refractivity contribution in [2.24, 2.45) is 11.8 Å². The smallest absolute Gasteiger partial charge is 0.0169 e. The molecule has 0 amide bonds. The van der Waals surface area contributed by atoms with Gasteiger partial charge in [-0.1, -0.05) is 13.8 Å². The van der Waals surface area contributed by atoms with Crippen LogP contribution in [0.2, 0.25) is 0 Å². The maximum absolute atomic E-state index is 3.63. The van der Waals surface area contributed by atoms with Crippen molar-refractivity contribution in [3.63, 3.8) is 0 Å². The molecule has 2 nitrogen and oxygen atoms in total. The molecule has 2 unspecified atom stereocenters. The third-order valence-corrected chi connectivity index (χ3v) is 4.79. The van der Waals surface area contributed by atoms with Gasteiger partial charge in [-0.15, -0.1) is 0 Å². The number of hydrogen-bond donors (Lipinski definition) is 1. The summed E-state index contributed by atoms with van der Waals surface area (Å²) in [6, 6.07) is 2.21. The minimum absolute atomic E-state index is 0.668. The van der Waals surface area contributed by atoms with Gasteiger partial charge in [-0.2, -0.15) is 0 Å². The molecule has 17 heavy (non-hydrogen) atoms. The molecule has 2 rings (SSSR count). The fourth-order valence-electron chi connectivity index (χ4n) is 3.80. The molecular formula is C15H30N2. The summed E-state index contributed by atoms with van der Waals surface area (Å²) in [6.07, 6.45) is 5.77. The van der Waals surface area contributed by atoms with E-state index in [1.165, 1.54) is 38.8 Å². The Morgan fingerprint density at radius 1 is 0.941 bits per heavy atom. The van der Waals surface area contributed by atoms with Gasteiger partial charge in [0.05, 0.1) is 0 Å². The first kappa shape index (κ1) is 13.4. The minimum Gasteiger partial charge on any atom is -0.309 e. The minimum atomic E-state index is 0.668. The number of nitrogens with one attached hydrogen (secondary N) is 1. The fourth-order valence-corrected chi connectivity index (χ4v) is 3.80. The van der Waals surface area contributed by atoms with Gasteiger partial charge in [-0.05, 0) is 51.4 Å². The van der Waals surface area contributed by atoms with Gasteiger partial charge in [0, 0.05) is 31.2 Å². The fraction of sp³-hybridized carbons (Fsp3) is 1.00. The van der Waals surface area contributed by atoms with E-state index in [0.29, 0.717) is 12.1 Å². The van der Waals surface area contributed by atoms with Crippen molar-refractivity contribution < 1.29 is 0 Å². The van der Waals surface area contributed by atoms with Crippen molar-refractivity contribution in [1.82, 2.24) is 10.2 Å². The van der Waals surface area contributed by atoms with Crippen LogP contribution < -0.4 is 5.32 Å². The van der Waals surface area contributed by atoms with E-state index in [9.17, 15) is 0 Å². The molecule has 0 aromatic carbocycles. The second-order valence-corrected chi connectivity index (χ2v) is 6.74. The summed E-state index contributed by atoms with van der Waals surface area (Å²) in [4.78, 5) is 2.75. The molecule has 1 heterocycles. The largest absolute Gasteiger partial charge is 0.309 e. The van der Waals surface area contributed by atoms with Gasteiger partial charge in [-0.3, -0.25) is 4.90 Å². The lowest BCUT2D eigenvalue weighted by molar-refractivity contribution is 0.0804. The molecule has 0 aromatic heterocycles. The Kier molecular flexibility index (Phi) is 4.48. The summed E-state index contributed by atoms with van der Waals surface area (Å²) in [5.74, 6) is 1.88. The molecule has 0 aromatic rings. The summed E-state index contributed by atoms with van der Waals surface area (Å²) in [6.45, 7) is 11.9. The average molecular weight is 238 g/mol. The standard InChI is InChI=1S/C15H30N2/c1-11(2)14-5-7-15(8-6-14)17-9-12(3)16-13(4)10-17/h11-16H,5-10H2,1-4H3. The molecule has 2 fully saturated rings. The molecule has 1 saturated heterocycles. The second kappa shape index (κ2) is 5.71. The molecule has 0 bridgehead atoms. The van der Waals surface area contributed by atoms with Gasteiger partial charge in [0.1, 0.15) is 0 Å². The second-order valence-electron chi connectivity index (χ2n) is 6.74. The van der Waals surface area contributed by atoms with Crippen LogP contribution in [0.15, 0.2) is 0 Å². The normalized spacial score (nSPS) is 40.8. The predicted octanol–water partition coefficient (Wildman–Crippen LogP) is 2.88.